The minimum absolute atomic E-state index is 0.560. The van der Waals surface area contributed by atoms with Crippen LogP contribution in [-0.4, -0.2) is 16.5 Å². The molecule has 0 aliphatic rings. The first-order chi connectivity index (χ1) is 7.74. The molecule has 0 radical (unpaired) electrons. The van der Waals surface area contributed by atoms with E-state index in [0.29, 0.717) is 6.07 Å². The highest BCUT2D eigenvalue weighted by Gasteiger charge is 2.34. The summed E-state index contributed by atoms with van der Waals surface area (Å²) in [6.45, 7) is -1.00. The van der Waals surface area contributed by atoms with Gasteiger partial charge in [-0.15, -0.1) is 13.2 Å². The van der Waals surface area contributed by atoms with Crippen LogP contribution in [0.1, 0.15) is 17.8 Å². The molecule has 0 aromatic carbocycles. The van der Waals surface area contributed by atoms with Crippen LogP contribution in [0.5, 0.6) is 5.75 Å². The number of nitrogens with two attached hydrogens (primary N) is 1. The summed E-state index contributed by atoms with van der Waals surface area (Å²) in [5.74, 6) is -0.968. The number of nitrogens with zero attached hydrogens (tertiary/aromatic N) is 1. The van der Waals surface area contributed by atoms with Crippen molar-refractivity contribution in [2.24, 2.45) is 0 Å². The van der Waals surface area contributed by atoms with Crippen molar-refractivity contribution in [3.8, 4) is 5.75 Å². The average molecular weight is 258 g/mol. The van der Waals surface area contributed by atoms with Crippen molar-refractivity contribution in [3.63, 3.8) is 0 Å². The van der Waals surface area contributed by atoms with Crippen LogP contribution < -0.4 is 10.5 Å². The van der Waals surface area contributed by atoms with Crippen LogP contribution in [0.4, 0.5) is 27.6 Å². The zero-order chi connectivity index (χ0) is 13.2. The molecule has 9 heteroatoms. The first kappa shape index (κ1) is 13.4. The summed E-state index contributed by atoms with van der Waals surface area (Å²) in [6, 6.07) is 0.560. The predicted molar refractivity (Wildman–Crippen MR) is 46.2 cm³/mol. The maximum atomic E-state index is 12.3. The predicted octanol–water partition coefficient (Wildman–Crippen LogP) is 1.99. The fourth-order valence-electron chi connectivity index (χ4n) is 1.08. The summed E-state index contributed by atoms with van der Waals surface area (Å²) in [4.78, 5) is 3.13. The van der Waals surface area contributed by atoms with E-state index in [2.05, 4.69) is 9.72 Å². The van der Waals surface area contributed by atoms with Crippen molar-refractivity contribution >= 4 is 5.69 Å². The van der Waals surface area contributed by atoms with Gasteiger partial charge in [-0.3, -0.25) is 0 Å². The van der Waals surface area contributed by atoms with E-state index in [1.54, 1.807) is 0 Å². The number of hydrogen-bond donors (Lipinski definition) is 2. The van der Waals surface area contributed by atoms with Crippen molar-refractivity contribution in [1.82, 2.24) is 4.98 Å². The maximum absolute atomic E-state index is 12.3. The van der Waals surface area contributed by atoms with Gasteiger partial charge in [0, 0.05) is 0 Å². The molecule has 1 heterocycles. The molecule has 0 atom stereocenters. The molecule has 0 unspecified atom stereocenters. The van der Waals surface area contributed by atoms with Crippen molar-refractivity contribution < 1.29 is 31.8 Å². The van der Waals surface area contributed by atoms with Crippen molar-refractivity contribution in [2.45, 2.75) is 19.4 Å². The average Bonchev–Trinajstić information content (AvgIpc) is 2.18. The Kier molecular flexibility index (Phi) is 3.71. The van der Waals surface area contributed by atoms with Gasteiger partial charge in [-0.25, -0.2) is 13.8 Å². The molecular weight excluding hydrogens is 251 g/mol. The monoisotopic (exact) mass is 258 g/mol. The van der Waals surface area contributed by atoms with E-state index in [9.17, 15) is 22.0 Å². The maximum Gasteiger partial charge on any atom is 0.573 e. The normalized spacial score (nSPS) is 11.9. The Bertz CT molecular complexity index is 408. The van der Waals surface area contributed by atoms with E-state index in [0.717, 1.165) is 0 Å². The summed E-state index contributed by atoms with van der Waals surface area (Å²) in [5.41, 5.74) is 2.93. The molecule has 0 saturated heterocycles. The summed E-state index contributed by atoms with van der Waals surface area (Å²) < 4.78 is 63.9. The Morgan fingerprint density at radius 3 is 2.41 bits per heavy atom. The highest BCUT2D eigenvalue weighted by atomic mass is 19.4. The summed E-state index contributed by atoms with van der Waals surface area (Å²) >= 11 is 0. The highest BCUT2D eigenvalue weighted by Crippen LogP contribution is 2.33. The van der Waals surface area contributed by atoms with E-state index >= 15 is 0 Å². The zero-order valence-electron chi connectivity index (χ0n) is 8.13. The molecule has 96 valence electrons. The number of rotatable bonds is 3. The molecular formula is C8H7F5N2O2. The lowest BCUT2D eigenvalue weighted by Gasteiger charge is -2.14. The Balaban J connectivity index is 3.21. The fourth-order valence-corrected chi connectivity index (χ4v) is 1.08. The van der Waals surface area contributed by atoms with Crippen molar-refractivity contribution in [1.29, 1.82) is 0 Å². The number of alkyl halides is 5. The van der Waals surface area contributed by atoms with E-state index in [-0.39, 0.29) is 0 Å². The van der Waals surface area contributed by atoms with Gasteiger partial charge >= 0.3 is 6.36 Å². The Morgan fingerprint density at radius 1 is 1.41 bits per heavy atom. The van der Waals surface area contributed by atoms with Gasteiger partial charge in [-0.1, -0.05) is 0 Å². The quantitative estimate of drug-likeness (QED) is 0.813. The highest BCUT2D eigenvalue weighted by molar-refractivity contribution is 5.55. The second-order valence-corrected chi connectivity index (χ2v) is 2.92. The largest absolute Gasteiger partial charge is 0.573 e. The first-order valence-corrected chi connectivity index (χ1v) is 4.18. The molecule has 0 fully saturated rings. The van der Waals surface area contributed by atoms with Crippen LogP contribution in [0.2, 0.25) is 0 Å². The van der Waals surface area contributed by atoms with Gasteiger partial charge in [-0.05, 0) is 6.07 Å². The third-order valence-corrected chi connectivity index (χ3v) is 1.68. The van der Waals surface area contributed by atoms with Crippen LogP contribution in [0.25, 0.3) is 0 Å². The second kappa shape index (κ2) is 4.70. The van der Waals surface area contributed by atoms with Crippen molar-refractivity contribution in [3.05, 3.63) is 17.5 Å². The molecule has 1 rings (SSSR count). The molecule has 0 saturated carbocycles. The van der Waals surface area contributed by atoms with Crippen molar-refractivity contribution in [2.75, 3.05) is 5.73 Å². The van der Waals surface area contributed by atoms with E-state index in [1.165, 1.54) is 0 Å². The number of halogens is 5. The molecule has 0 bridgehead atoms. The topological polar surface area (TPSA) is 68.4 Å². The van der Waals surface area contributed by atoms with Gasteiger partial charge < -0.3 is 15.6 Å². The number of hydrogen-bond acceptors (Lipinski definition) is 4. The molecule has 4 nitrogen and oxygen atoms in total. The number of aromatic nitrogens is 1. The third kappa shape index (κ3) is 3.41. The number of pyridine rings is 1. The minimum Gasteiger partial charge on any atom is -0.402 e. The van der Waals surface area contributed by atoms with E-state index < -0.39 is 42.2 Å². The van der Waals surface area contributed by atoms with Crippen LogP contribution in [0.15, 0.2) is 6.07 Å². The molecule has 17 heavy (non-hydrogen) atoms. The third-order valence-electron chi connectivity index (χ3n) is 1.68. The van der Waals surface area contributed by atoms with Gasteiger partial charge in [0.15, 0.2) is 5.75 Å². The Hall–Kier alpha value is -1.64. The molecule has 0 aliphatic heterocycles. The van der Waals surface area contributed by atoms with Gasteiger partial charge in [-0.2, -0.15) is 0 Å². The van der Waals surface area contributed by atoms with Gasteiger partial charge in [0.25, 0.3) is 6.43 Å². The number of aliphatic hydroxyl groups excluding tert-OH is 1. The van der Waals surface area contributed by atoms with Gasteiger partial charge in [0.1, 0.15) is 11.4 Å². The fraction of sp³-hybridized carbons (Fsp3) is 0.375. The first-order valence-electron chi connectivity index (χ1n) is 4.18. The lowest BCUT2D eigenvalue weighted by atomic mass is 10.2. The Labute approximate surface area is 91.8 Å². The summed E-state index contributed by atoms with van der Waals surface area (Å²) in [5, 5.41) is 8.74. The molecule has 0 spiro atoms. The number of anilines is 1. The minimum atomic E-state index is -5.05. The van der Waals surface area contributed by atoms with E-state index in [1.807, 2.05) is 0 Å². The van der Waals surface area contributed by atoms with E-state index in [4.69, 9.17) is 10.8 Å². The summed E-state index contributed by atoms with van der Waals surface area (Å²) in [7, 11) is 0. The summed E-state index contributed by atoms with van der Waals surface area (Å²) in [6.07, 6.45) is -8.06. The molecule has 1 aromatic rings. The SMILES string of the molecule is Nc1cc(C(F)F)nc(CO)c1OC(F)(F)F. The standard InChI is InChI=1S/C8H7F5N2O2/c9-7(10)4-1-3(14)6(5(2-16)15-4)17-8(11,12)13/h1,7,16H,2H2,(H2,14,15). The number of nitrogen functional groups attached to an aromatic ring is 1. The second-order valence-electron chi connectivity index (χ2n) is 2.92. The van der Waals surface area contributed by atoms with Crippen LogP contribution in [-0.2, 0) is 6.61 Å². The lowest BCUT2D eigenvalue weighted by molar-refractivity contribution is -0.274. The molecule has 0 amide bonds. The van der Waals surface area contributed by atoms with Crippen LogP contribution >= 0.6 is 0 Å². The molecule has 3 N–H and O–H groups in total. The zero-order valence-corrected chi connectivity index (χ0v) is 8.13. The van der Waals surface area contributed by atoms with Crippen LogP contribution in [0.3, 0.4) is 0 Å². The van der Waals surface area contributed by atoms with Gasteiger partial charge in [0.05, 0.1) is 12.3 Å². The Morgan fingerprint density at radius 2 is 2.00 bits per heavy atom. The lowest BCUT2D eigenvalue weighted by Crippen LogP contribution is -2.20. The number of aliphatic hydroxyl groups is 1. The molecule has 0 aliphatic carbocycles. The van der Waals surface area contributed by atoms with Crippen LogP contribution in [0, 0.1) is 0 Å². The number of ether oxygens (including phenoxy) is 1. The smallest absolute Gasteiger partial charge is 0.402 e. The van der Waals surface area contributed by atoms with Gasteiger partial charge in [0.2, 0.25) is 0 Å². The molecule has 1 aromatic heterocycles.